The SMILES string of the molecule is O=C(NCc1ccc(OCc2ccccc2F)cc1)c1cc(-c2ccc(F)c(F)c2)on1. The number of hydrogen-bond acceptors (Lipinski definition) is 4. The van der Waals surface area contributed by atoms with E-state index >= 15 is 0 Å². The van der Waals surface area contributed by atoms with E-state index in [9.17, 15) is 18.0 Å². The number of carbonyl (C=O) groups excluding carboxylic acids is 1. The first kappa shape index (κ1) is 21.2. The van der Waals surface area contributed by atoms with Gasteiger partial charge in [-0.05, 0) is 42.0 Å². The summed E-state index contributed by atoms with van der Waals surface area (Å²) < 4.78 is 50.7. The second-order valence-corrected chi connectivity index (χ2v) is 6.91. The molecule has 1 amide bonds. The molecule has 0 radical (unpaired) electrons. The molecular weight excluding hydrogens is 421 g/mol. The van der Waals surface area contributed by atoms with Gasteiger partial charge in [0.05, 0.1) is 0 Å². The second kappa shape index (κ2) is 9.38. The number of hydrogen-bond donors (Lipinski definition) is 1. The van der Waals surface area contributed by atoms with E-state index in [0.717, 1.165) is 17.7 Å². The Hall–Kier alpha value is -4.07. The lowest BCUT2D eigenvalue weighted by Gasteiger charge is -2.08. The van der Waals surface area contributed by atoms with E-state index in [1.807, 2.05) is 0 Å². The monoisotopic (exact) mass is 438 g/mol. The van der Waals surface area contributed by atoms with Crippen LogP contribution in [0.3, 0.4) is 0 Å². The molecule has 1 aromatic heterocycles. The third-order valence-electron chi connectivity index (χ3n) is 4.68. The van der Waals surface area contributed by atoms with Gasteiger partial charge in [-0.25, -0.2) is 13.2 Å². The van der Waals surface area contributed by atoms with Gasteiger partial charge in [0.1, 0.15) is 18.2 Å². The van der Waals surface area contributed by atoms with Crippen LogP contribution in [0.5, 0.6) is 5.75 Å². The molecule has 0 aliphatic rings. The minimum atomic E-state index is -1.02. The fraction of sp³-hybridized carbons (Fsp3) is 0.0833. The van der Waals surface area contributed by atoms with Crippen molar-refractivity contribution >= 4 is 5.91 Å². The lowest BCUT2D eigenvalue weighted by Crippen LogP contribution is -2.22. The van der Waals surface area contributed by atoms with Gasteiger partial charge < -0.3 is 14.6 Å². The van der Waals surface area contributed by atoms with Crippen LogP contribution in [-0.2, 0) is 13.2 Å². The Labute approximate surface area is 181 Å². The van der Waals surface area contributed by atoms with Crippen LogP contribution in [0.25, 0.3) is 11.3 Å². The van der Waals surface area contributed by atoms with Crippen molar-refractivity contribution < 1.29 is 27.2 Å². The summed E-state index contributed by atoms with van der Waals surface area (Å²) in [6.07, 6.45) is 0. The lowest BCUT2D eigenvalue weighted by molar-refractivity contribution is 0.0942. The molecule has 0 unspecified atom stereocenters. The minimum absolute atomic E-state index is 0.00887. The molecular formula is C24H17F3N2O3. The van der Waals surface area contributed by atoms with Crippen molar-refractivity contribution in [3.63, 3.8) is 0 Å². The van der Waals surface area contributed by atoms with E-state index in [0.29, 0.717) is 11.3 Å². The zero-order chi connectivity index (χ0) is 22.5. The molecule has 0 spiro atoms. The largest absolute Gasteiger partial charge is 0.489 e. The predicted octanol–water partition coefficient (Wildman–Crippen LogP) is 5.27. The molecule has 162 valence electrons. The summed E-state index contributed by atoms with van der Waals surface area (Å²) in [6.45, 7) is 0.328. The van der Waals surface area contributed by atoms with Crippen LogP contribution in [0.1, 0.15) is 21.6 Å². The Morgan fingerprint density at radius 3 is 2.44 bits per heavy atom. The molecule has 4 aromatic rings. The molecule has 0 bridgehead atoms. The first-order valence-corrected chi connectivity index (χ1v) is 9.65. The van der Waals surface area contributed by atoms with E-state index < -0.39 is 17.5 Å². The van der Waals surface area contributed by atoms with Gasteiger partial charge in [0.15, 0.2) is 23.1 Å². The molecule has 0 atom stereocenters. The standard InChI is InChI=1S/C24H17F3N2O3/c25-19-4-2-1-3-17(19)14-31-18-8-5-15(6-9-18)13-28-24(30)22-12-23(32-29-22)16-7-10-20(26)21(27)11-16/h1-12H,13-14H2,(H,28,30). The highest BCUT2D eigenvalue weighted by Crippen LogP contribution is 2.22. The Morgan fingerprint density at radius 2 is 1.69 bits per heavy atom. The van der Waals surface area contributed by atoms with Crippen molar-refractivity contribution in [3.05, 3.63) is 107 Å². The number of halogens is 3. The molecule has 0 fully saturated rings. The van der Waals surface area contributed by atoms with E-state index in [-0.39, 0.29) is 36.0 Å². The number of carbonyl (C=O) groups is 1. The first-order valence-electron chi connectivity index (χ1n) is 9.65. The van der Waals surface area contributed by atoms with Crippen LogP contribution >= 0.6 is 0 Å². The Morgan fingerprint density at radius 1 is 0.906 bits per heavy atom. The molecule has 0 saturated heterocycles. The summed E-state index contributed by atoms with van der Waals surface area (Å²) in [4.78, 5) is 12.3. The topological polar surface area (TPSA) is 64.4 Å². The maximum atomic E-state index is 13.6. The fourth-order valence-corrected chi connectivity index (χ4v) is 2.92. The van der Waals surface area contributed by atoms with Crippen LogP contribution in [0.4, 0.5) is 13.2 Å². The predicted molar refractivity (Wildman–Crippen MR) is 110 cm³/mol. The highest BCUT2D eigenvalue weighted by Gasteiger charge is 2.15. The summed E-state index contributed by atoms with van der Waals surface area (Å²) in [5.74, 6) is -2.10. The summed E-state index contributed by atoms with van der Waals surface area (Å²) in [6, 6.07) is 18.0. The number of ether oxygens (including phenoxy) is 1. The average molecular weight is 438 g/mol. The van der Waals surface area contributed by atoms with Gasteiger partial charge in [0.2, 0.25) is 0 Å². The molecule has 0 aliphatic carbocycles. The van der Waals surface area contributed by atoms with Crippen molar-refractivity contribution in [1.82, 2.24) is 10.5 Å². The third kappa shape index (κ3) is 4.97. The third-order valence-corrected chi connectivity index (χ3v) is 4.68. The molecule has 0 saturated carbocycles. The van der Waals surface area contributed by atoms with Gasteiger partial charge in [-0.2, -0.15) is 0 Å². The Balaban J connectivity index is 1.32. The summed E-state index contributed by atoms with van der Waals surface area (Å²) in [5, 5.41) is 6.38. The number of aromatic nitrogens is 1. The minimum Gasteiger partial charge on any atom is -0.489 e. The van der Waals surface area contributed by atoms with Gasteiger partial charge in [-0.15, -0.1) is 0 Å². The van der Waals surface area contributed by atoms with Crippen LogP contribution in [0.2, 0.25) is 0 Å². The van der Waals surface area contributed by atoms with Gasteiger partial charge in [0.25, 0.3) is 5.91 Å². The van der Waals surface area contributed by atoms with E-state index in [4.69, 9.17) is 9.26 Å². The van der Waals surface area contributed by atoms with Crippen LogP contribution in [-0.4, -0.2) is 11.1 Å². The van der Waals surface area contributed by atoms with E-state index in [1.54, 1.807) is 42.5 Å². The molecule has 1 N–H and O–H groups in total. The van der Waals surface area contributed by atoms with Gasteiger partial charge in [-0.1, -0.05) is 35.5 Å². The zero-order valence-corrected chi connectivity index (χ0v) is 16.6. The lowest BCUT2D eigenvalue weighted by atomic mass is 10.1. The zero-order valence-electron chi connectivity index (χ0n) is 16.6. The number of nitrogens with zero attached hydrogens (tertiary/aromatic N) is 1. The maximum Gasteiger partial charge on any atom is 0.273 e. The summed E-state index contributed by atoms with van der Waals surface area (Å²) >= 11 is 0. The fourth-order valence-electron chi connectivity index (χ4n) is 2.92. The molecule has 3 aromatic carbocycles. The highest BCUT2D eigenvalue weighted by molar-refractivity contribution is 5.93. The van der Waals surface area contributed by atoms with Crippen molar-refractivity contribution in [2.24, 2.45) is 0 Å². The quantitative estimate of drug-likeness (QED) is 0.427. The van der Waals surface area contributed by atoms with Crippen LogP contribution < -0.4 is 10.1 Å². The normalized spacial score (nSPS) is 10.7. The number of amides is 1. The highest BCUT2D eigenvalue weighted by atomic mass is 19.2. The first-order chi connectivity index (χ1) is 15.5. The van der Waals surface area contributed by atoms with Crippen molar-refractivity contribution in [2.45, 2.75) is 13.2 Å². The smallest absolute Gasteiger partial charge is 0.273 e. The van der Waals surface area contributed by atoms with E-state index in [1.165, 1.54) is 18.2 Å². The van der Waals surface area contributed by atoms with E-state index in [2.05, 4.69) is 10.5 Å². The number of nitrogens with one attached hydrogen (secondary N) is 1. The van der Waals surface area contributed by atoms with Gasteiger partial charge in [-0.3, -0.25) is 4.79 Å². The maximum absolute atomic E-state index is 13.6. The second-order valence-electron chi connectivity index (χ2n) is 6.91. The van der Waals surface area contributed by atoms with Crippen molar-refractivity contribution in [2.75, 3.05) is 0 Å². The number of rotatable bonds is 7. The summed E-state index contributed by atoms with van der Waals surface area (Å²) in [7, 11) is 0. The van der Waals surface area contributed by atoms with Crippen LogP contribution in [0.15, 0.2) is 77.3 Å². The average Bonchev–Trinajstić information content (AvgIpc) is 3.30. The molecule has 4 rings (SSSR count). The molecule has 5 nitrogen and oxygen atoms in total. The number of benzene rings is 3. The molecule has 8 heteroatoms. The van der Waals surface area contributed by atoms with Gasteiger partial charge >= 0.3 is 0 Å². The molecule has 0 aliphatic heterocycles. The van der Waals surface area contributed by atoms with Crippen LogP contribution in [0, 0.1) is 17.5 Å². The summed E-state index contributed by atoms with van der Waals surface area (Å²) in [5.41, 5.74) is 1.54. The van der Waals surface area contributed by atoms with Crippen molar-refractivity contribution in [1.29, 1.82) is 0 Å². The Bertz CT molecular complexity index is 1240. The van der Waals surface area contributed by atoms with Crippen molar-refractivity contribution in [3.8, 4) is 17.1 Å². The molecule has 32 heavy (non-hydrogen) atoms. The Kier molecular flexibility index (Phi) is 6.21. The van der Waals surface area contributed by atoms with Gasteiger partial charge in [0, 0.05) is 23.7 Å². The molecule has 1 heterocycles.